The number of rotatable bonds is 5. The average Bonchev–Trinajstić information content (AvgIpc) is 3.39. The van der Waals surface area contributed by atoms with Crippen LogP contribution in [0.4, 0.5) is 0 Å². The Labute approximate surface area is 300 Å². The van der Waals surface area contributed by atoms with Crippen LogP contribution in [0.25, 0.3) is 56.4 Å². The minimum Gasteiger partial charge on any atom is -0.208 e. The zero-order valence-corrected chi connectivity index (χ0v) is 29.2. The first-order valence-electron chi connectivity index (χ1n) is 18.6. The standard InChI is InChI=1S/C47H40N4/c1-46(2)41-23-29(28-48)12-18-38(41)39-19-15-35(24-42(39)46)44-49-43(34-8-4-3-5-9-34)50-45(51-44)40-11-7-6-10-37(40)33-13-16-36(17-14-33)47-25-30-20-31(26-47)22-32(21-30)27-47/h3-19,23-24,30-32H,20-22,25-27H2,1-2H3/t30-,31+,32-,47?. The van der Waals surface area contributed by atoms with Crippen LogP contribution in [0.15, 0.2) is 115 Å². The Balaban J connectivity index is 1.06. The van der Waals surface area contributed by atoms with E-state index in [2.05, 4.69) is 105 Å². The Morgan fingerprint density at radius 2 is 1.08 bits per heavy atom. The summed E-state index contributed by atoms with van der Waals surface area (Å²) >= 11 is 0. The number of fused-ring (bicyclic) bond motifs is 3. The van der Waals surface area contributed by atoms with E-state index in [0.29, 0.717) is 28.5 Å². The van der Waals surface area contributed by atoms with Crippen LogP contribution >= 0.6 is 0 Å². The van der Waals surface area contributed by atoms with E-state index < -0.39 is 0 Å². The summed E-state index contributed by atoms with van der Waals surface area (Å²) in [7, 11) is 0. The molecule has 0 amide bonds. The van der Waals surface area contributed by atoms with Crippen molar-refractivity contribution in [1.29, 1.82) is 5.26 Å². The van der Waals surface area contributed by atoms with Crippen LogP contribution in [0.3, 0.4) is 0 Å². The van der Waals surface area contributed by atoms with Gasteiger partial charge in [-0.25, -0.2) is 15.0 Å². The molecule has 4 fully saturated rings. The Bertz CT molecular complexity index is 2350. The highest BCUT2D eigenvalue weighted by Gasteiger charge is 2.51. The molecule has 5 aliphatic rings. The second kappa shape index (κ2) is 11.3. The average molecular weight is 661 g/mol. The van der Waals surface area contributed by atoms with Crippen molar-refractivity contribution >= 4 is 0 Å². The molecule has 5 aromatic carbocycles. The molecule has 4 heteroatoms. The normalized spacial score (nSPS) is 23.4. The van der Waals surface area contributed by atoms with Crippen LogP contribution in [-0.2, 0) is 10.8 Å². The second-order valence-corrected chi connectivity index (χ2v) is 16.3. The molecule has 4 nitrogen and oxygen atoms in total. The lowest BCUT2D eigenvalue weighted by Crippen LogP contribution is -2.48. The number of aromatic nitrogens is 3. The molecule has 248 valence electrons. The second-order valence-electron chi connectivity index (χ2n) is 16.3. The molecule has 11 rings (SSSR count). The van der Waals surface area contributed by atoms with Gasteiger partial charge in [0.1, 0.15) is 0 Å². The lowest BCUT2D eigenvalue weighted by Gasteiger charge is -2.57. The zero-order chi connectivity index (χ0) is 34.3. The molecule has 1 heterocycles. The first-order chi connectivity index (χ1) is 24.9. The Morgan fingerprint density at radius 3 is 1.75 bits per heavy atom. The summed E-state index contributed by atoms with van der Waals surface area (Å²) in [5.74, 6) is 4.76. The SMILES string of the molecule is CC1(C)c2cc(C#N)ccc2-c2ccc(-c3nc(-c4ccccc4)nc(-c4ccccc4-c4ccc(C56C[C@H]7C[C@@H](C5)C[C@@H](C6)C7)cc4)n3)cc21. The Hall–Kier alpha value is -5.40. The molecule has 6 aromatic rings. The van der Waals surface area contributed by atoms with Gasteiger partial charge >= 0.3 is 0 Å². The topological polar surface area (TPSA) is 62.5 Å². The lowest BCUT2D eigenvalue weighted by atomic mass is 9.48. The maximum atomic E-state index is 9.62. The van der Waals surface area contributed by atoms with Gasteiger partial charge in [0.05, 0.1) is 11.6 Å². The highest BCUT2D eigenvalue weighted by molar-refractivity contribution is 5.85. The molecule has 0 saturated heterocycles. The van der Waals surface area contributed by atoms with E-state index in [-0.39, 0.29) is 5.41 Å². The van der Waals surface area contributed by atoms with Crippen molar-refractivity contribution in [3.63, 3.8) is 0 Å². The molecule has 0 aliphatic heterocycles. The van der Waals surface area contributed by atoms with Crippen molar-refractivity contribution < 1.29 is 0 Å². The predicted octanol–water partition coefficient (Wildman–Crippen LogP) is 11.2. The van der Waals surface area contributed by atoms with Crippen molar-refractivity contribution in [3.05, 3.63) is 138 Å². The molecule has 0 unspecified atom stereocenters. The smallest absolute Gasteiger partial charge is 0.164 e. The number of nitrogens with zero attached hydrogens (tertiary/aromatic N) is 4. The van der Waals surface area contributed by atoms with Crippen molar-refractivity contribution in [1.82, 2.24) is 15.0 Å². The van der Waals surface area contributed by atoms with Gasteiger partial charge in [0.25, 0.3) is 0 Å². The maximum absolute atomic E-state index is 9.62. The molecule has 4 bridgehead atoms. The predicted molar refractivity (Wildman–Crippen MR) is 204 cm³/mol. The molecular formula is C47H40N4. The minimum absolute atomic E-state index is 0.263. The van der Waals surface area contributed by atoms with Gasteiger partial charge in [-0.05, 0) is 119 Å². The highest BCUT2D eigenvalue weighted by atomic mass is 15.0. The lowest BCUT2D eigenvalue weighted by molar-refractivity contribution is -0.00518. The first kappa shape index (κ1) is 30.4. The van der Waals surface area contributed by atoms with Crippen molar-refractivity contribution in [3.8, 4) is 62.5 Å². The molecule has 5 aliphatic carbocycles. The van der Waals surface area contributed by atoms with Crippen LogP contribution in [-0.4, -0.2) is 15.0 Å². The maximum Gasteiger partial charge on any atom is 0.164 e. The van der Waals surface area contributed by atoms with Gasteiger partial charge in [0, 0.05) is 22.1 Å². The van der Waals surface area contributed by atoms with Crippen molar-refractivity contribution in [2.45, 2.75) is 63.2 Å². The number of hydrogen-bond donors (Lipinski definition) is 0. The Morgan fingerprint density at radius 1 is 0.529 bits per heavy atom. The summed E-state index contributed by atoms with van der Waals surface area (Å²) < 4.78 is 0. The van der Waals surface area contributed by atoms with Gasteiger partial charge in [0.15, 0.2) is 17.5 Å². The van der Waals surface area contributed by atoms with Gasteiger partial charge in [-0.1, -0.05) is 111 Å². The summed E-state index contributed by atoms with van der Waals surface area (Å²) in [4.78, 5) is 15.4. The van der Waals surface area contributed by atoms with E-state index >= 15 is 0 Å². The van der Waals surface area contributed by atoms with Gasteiger partial charge in [0.2, 0.25) is 0 Å². The third kappa shape index (κ3) is 4.89. The van der Waals surface area contributed by atoms with E-state index in [4.69, 9.17) is 15.0 Å². The summed E-state index contributed by atoms with van der Waals surface area (Å²) in [5.41, 5.74) is 12.3. The van der Waals surface area contributed by atoms with E-state index in [1.165, 1.54) is 66.3 Å². The molecule has 1 aromatic heterocycles. The van der Waals surface area contributed by atoms with Crippen molar-refractivity contribution in [2.24, 2.45) is 17.8 Å². The molecule has 51 heavy (non-hydrogen) atoms. The van der Waals surface area contributed by atoms with Gasteiger partial charge in [-0.3, -0.25) is 0 Å². The highest BCUT2D eigenvalue weighted by Crippen LogP contribution is 2.61. The number of nitriles is 1. The fourth-order valence-electron chi connectivity index (χ4n) is 10.7. The van der Waals surface area contributed by atoms with Crippen LogP contribution in [0.2, 0.25) is 0 Å². The third-order valence-corrected chi connectivity index (χ3v) is 12.7. The largest absolute Gasteiger partial charge is 0.208 e. The quantitative estimate of drug-likeness (QED) is 0.185. The fourth-order valence-corrected chi connectivity index (χ4v) is 10.7. The summed E-state index contributed by atoms with van der Waals surface area (Å²) in [6, 6.07) is 43.2. The van der Waals surface area contributed by atoms with Crippen LogP contribution in [0.1, 0.15) is 74.6 Å². The summed E-state index contributed by atoms with van der Waals surface area (Å²) in [6.07, 6.45) is 8.50. The molecule has 0 N–H and O–H groups in total. The fraction of sp³-hybridized carbons (Fsp3) is 0.277. The van der Waals surface area contributed by atoms with Gasteiger partial charge in [-0.15, -0.1) is 0 Å². The molecule has 0 spiro atoms. The van der Waals surface area contributed by atoms with E-state index in [9.17, 15) is 5.26 Å². The van der Waals surface area contributed by atoms with E-state index in [1.807, 2.05) is 30.3 Å². The number of hydrogen-bond acceptors (Lipinski definition) is 4. The van der Waals surface area contributed by atoms with Gasteiger partial charge in [-0.2, -0.15) is 5.26 Å². The molecular weight excluding hydrogens is 621 g/mol. The summed E-state index contributed by atoms with van der Waals surface area (Å²) in [6.45, 7) is 4.48. The number of benzene rings is 5. The zero-order valence-electron chi connectivity index (χ0n) is 29.2. The summed E-state index contributed by atoms with van der Waals surface area (Å²) in [5, 5.41) is 9.62. The van der Waals surface area contributed by atoms with Crippen LogP contribution in [0.5, 0.6) is 0 Å². The molecule has 0 atom stereocenters. The Kier molecular flexibility index (Phi) is 6.74. The van der Waals surface area contributed by atoms with Gasteiger partial charge < -0.3 is 0 Å². The van der Waals surface area contributed by atoms with Crippen molar-refractivity contribution in [2.75, 3.05) is 0 Å². The van der Waals surface area contributed by atoms with E-state index in [1.54, 1.807) is 5.56 Å². The first-order valence-corrected chi connectivity index (χ1v) is 18.6. The molecule has 0 radical (unpaired) electrons. The van der Waals surface area contributed by atoms with Crippen LogP contribution in [0, 0.1) is 29.1 Å². The van der Waals surface area contributed by atoms with E-state index in [0.717, 1.165) is 40.0 Å². The van der Waals surface area contributed by atoms with Crippen LogP contribution < -0.4 is 0 Å². The monoisotopic (exact) mass is 660 g/mol. The molecule has 4 saturated carbocycles. The third-order valence-electron chi connectivity index (χ3n) is 12.7. The minimum atomic E-state index is -0.263.